The molecule has 0 spiro atoms. The molecule has 1 aliphatic rings. The number of rotatable bonds is 3. The summed E-state index contributed by atoms with van der Waals surface area (Å²) in [4.78, 5) is 15.9. The molecule has 3 rings (SSSR count). The molecule has 1 N–H and O–H groups in total. The summed E-state index contributed by atoms with van der Waals surface area (Å²) in [5.41, 5.74) is 3.12. The molecule has 0 saturated heterocycles. The van der Waals surface area contributed by atoms with Gasteiger partial charge < -0.3 is 10.1 Å². The van der Waals surface area contributed by atoms with Crippen LogP contribution in [0.1, 0.15) is 21.5 Å². The fraction of sp³-hybridized carbons (Fsp3) is 0.250. The van der Waals surface area contributed by atoms with Gasteiger partial charge in [0, 0.05) is 25.4 Å². The maximum Gasteiger partial charge on any atom is 0.252 e. The van der Waals surface area contributed by atoms with Crippen LogP contribution in [0.4, 0.5) is 0 Å². The standard InChI is InChI=1S/C16H16N2O2/c19-16(13-6-3-7-17-9-13)18-10-15-8-12-4-1-2-5-14(12)11-20-15/h1-7,9,15H,8,10-11H2,(H,18,19). The van der Waals surface area contributed by atoms with E-state index in [9.17, 15) is 4.79 Å². The first-order chi connectivity index (χ1) is 9.83. The van der Waals surface area contributed by atoms with Gasteiger partial charge in [0.2, 0.25) is 0 Å². The summed E-state index contributed by atoms with van der Waals surface area (Å²) in [5, 5.41) is 2.90. The molecule has 1 aromatic heterocycles. The molecule has 1 aromatic carbocycles. The molecule has 4 nitrogen and oxygen atoms in total. The number of nitrogens with zero attached hydrogens (tertiary/aromatic N) is 1. The first-order valence-corrected chi connectivity index (χ1v) is 6.69. The molecular weight excluding hydrogens is 252 g/mol. The van der Waals surface area contributed by atoms with Crippen molar-refractivity contribution in [2.75, 3.05) is 6.54 Å². The van der Waals surface area contributed by atoms with Crippen LogP contribution in [-0.2, 0) is 17.8 Å². The second kappa shape index (κ2) is 5.84. The largest absolute Gasteiger partial charge is 0.371 e. The molecule has 0 saturated carbocycles. The SMILES string of the molecule is O=C(NCC1Cc2ccccc2CO1)c1cccnc1. The van der Waals surface area contributed by atoms with Gasteiger partial charge in [-0.1, -0.05) is 24.3 Å². The number of carbonyl (C=O) groups is 1. The van der Waals surface area contributed by atoms with E-state index in [0.29, 0.717) is 18.7 Å². The molecule has 1 atom stereocenters. The number of amides is 1. The molecule has 0 bridgehead atoms. The Morgan fingerprint density at radius 3 is 2.90 bits per heavy atom. The summed E-state index contributed by atoms with van der Waals surface area (Å²) < 4.78 is 5.76. The lowest BCUT2D eigenvalue weighted by Gasteiger charge is -2.25. The van der Waals surface area contributed by atoms with Crippen LogP contribution in [0.25, 0.3) is 0 Å². The molecule has 0 aliphatic carbocycles. The third-order valence-electron chi connectivity index (χ3n) is 3.45. The summed E-state index contributed by atoms with van der Waals surface area (Å²) in [6.07, 6.45) is 4.08. The summed E-state index contributed by atoms with van der Waals surface area (Å²) in [6.45, 7) is 1.13. The summed E-state index contributed by atoms with van der Waals surface area (Å²) in [5.74, 6) is -0.111. The number of nitrogens with one attached hydrogen (secondary N) is 1. The van der Waals surface area contributed by atoms with E-state index in [2.05, 4.69) is 22.4 Å². The highest BCUT2D eigenvalue weighted by Crippen LogP contribution is 2.19. The van der Waals surface area contributed by atoms with Crippen molar-refractivity contribution < 1.29 is 9.53 Å². The number of carbonyl (C=O) groups excluding carboxylic acids is 1. The van der Waals surface area contributed by atoms with Crippen molar-refractivity contribution in [3.63, 3.8) is 0 Å². The van der Waals surface area contributed by atoms with Crippen LogP contribution in [0.3, 0.4) is 0 Å². The van der Waals surface area contributed by atoms with Gasteiger partial charge in [-0.2, -0.15) is 0 Å². The van der Waals surface area contributed by atoms with Crippen molar-refractivity contribution in [3.05, 3.63) is 65.5 Å². The van der Waals surface area contributed by atoms with Crippen LogP contribution in [0.5, 0.6) is 0 Å². The highest BCUT2D eigenvalue weighted by atomic mass is 16.5. The lowest BCUT2D eigenvalue weighted by Crippen LogP contribution is -2.36. The second-order valence-electron chi connectivity index (χ2n) is 4.86. The van der Waals surface area contributed by atoms with Crippen LogP contribution in [-0.4, -0.2) is 23.5 Å². The van der Waals surface area contributed by atoms with E-state index in [1.165, 1.54) is 11.1 Å². The number of ether oxygens (including phenoxy) is 1. The van der Waals surface area contributed by atoms with E-state index in [0.717, 1.165) is 6.42 Å². The highest BCUT2D eigenvalue weighted by Gasteiger charge is 2.19. The predicted octanol–water partition coefficient (Wildman–Crippen LogP) is 1.95. The first kappa shape index (κ1) is 12.8. The van der Waals surface area contributed by atoms with Crippen LogP contribution in [0.15, 0.2) is 48.8 Å². The third-order valence-corrected chi connectivity index (χ3v) is 3.45. The summed E-state index contributed by atoms with van der Waals surface area (Å²) >= 11 is 0. The highest BCUT2D eigenvalue weighted by molar-refractivity contribution is 5.93. The van der Waals surface area contributed by atoms with E-state index < -0.39 is 0 Å². The zero-order valence-electron chi connectivity index (χ0n) is 11.1. The molecule has 1 aliphatic heterocycles. The number of benzene rings is 1. The van der Waals surface area contributed by atoms with Crippen molar-refractivity contribution in [2.24, 2.45) is 0 Å². The zero-order chi connectivity index (χ0) is 13.8. The molecule has 1 amide bonds. The van der Waals surface area contributed by atoms with Gasteiger partial charge in [0.15, 0.2) is 0 Å². The topological polar surface area (TPSA) is 51.2 Å². The minimum atomic E-state index is -0.111. The van der Waals surface area contributed by atoms with Crippen molar-refractivity contribution in [1.29, 1.82) is 0 Å². The number of pyridine rings is 1. The fourth-order valence-electron chi connectivity index (χ4n) is 2.35. The Morgan fingerprint density at radius 2 is 2.10 bits per heavy atom. The van der Waals surface area contributed by atoms with Gasteiger partial charge in [0.25, 0.3) is 5.91 Å². The van der Waals surface area contributed by atoms with Crippen molar-refractivity contribution in [2.45, 2.75) is 19.1 Å². The van der Waals surface area contributed by atoms with Crippen molar-refractivity contribution in [3.8, 4) is 0 Å². The van der Waals surface area contributed by atoms with Crippen LogP contribution < -0.4 is 5.32 Å². The fourth-order valence-corrected chi connectivity index (χ4v) is 2.35. The average Bonchev–Trinajstić information content (AvgIpc) is 2.53. The number of hydrogen-bond acceptors (Lipinski definition) is 3. The Balaban J connectivity index is 1.57. The predicted molar refractivity (Wildman–Crippen MR) is 75.3 cm³/mol. The molecular formula is C16H16N2O2. The number of fused-ring (bicyclic) bond motifs is 1. The van der Waals surface area contributed by atoms with E-state index in [4.69, 9.17) is 4.74 Å². The van der Waals surface area contributed by atoms with Crippen molar-refractivity contribution in [1.82, 2.24) is 10.3 Å². The molecule has 20 heavy (non-hydrogen) atoms. The smallest absolute Gasteiger partial charge is 0.252 e. The first-order valence-electron chi connectivity index (χ1n) is 6.69. The Morgan fingerprint density at radius 1 is 1.25 bits per heavy atom. The van der Waals surface area contributed by atoms with E-state index in [-0.39, 0.29) is 12.0 Å². The zero-order valence-corrected chi connectivity index (χ0v) is 11.1. The molecule has 0 fully saturated rings. The maximum absolute atomic E-state index is 11.9. The lowest BCUT2D eigenvalue weighted by atomic mass is 9.99. The van der Waals surface area contributed by atoms with Gasteiger partial charge in [-0.3, -0.25) is 9.78 Å². The quantitative estimate of drug-likeness (QED) is 0.925. The van der Waals surface area contributed by atoms with Crippen LogP contribution in [0.2, 0.25) is 0 Å². The maximum atomic E-state index is 11.9. The van der Waals surface area contributed by atoms with Gasteiger partial charge in [-0.15, -0.1) is 0 Å². The molecule has 2 heterocycles. The van der Waals surface area contributed by atoms with Crippen LogP contribution in [0, 0.1) is 0 Å². The average molecular weight is 268 g/mol. The third kappa shape index (κ3) is 2.86. The number of hydrogen-bond donors (Lipinski definition) is 1. The van der Waals surface area contributed by atoms with Gasteiger partial charge in [0.05, 0.1) is 18.3 Å². The Kier molecular flexibility index (Phi) is 3.74. The van der Waals surface area contributed by atoms with E-state index in [1.54, 1.807) is 24.5 Å². The summed E-state index contributed by atoms with van der Waals surface area (Å²) in [7, 11) is 0. The molecule has 2 aromatic rings. The van der Waals surface area contributed by atoms with E-state index >= 15 is 0 Å². The second-order valence-corrected chi connectivity index (χ2v) is 4.86. The minimum absolute atomic E-state index is 0.0329. The Bertz CT molecular complexity index is 598. The van der Waals surface area contributed by atoms with Gasteiger partial charge in [-0.05, 0) is 23.3 Å². The molecule has 0 radical (unpaired) electrons. The van der Waals surface area contributed by atoms with Crippen molar-refractivity contribution >= 4 is 5.91 Å². The minimum Gasteiger partial charge on any atom is -0.371 e. The van der Waals surface area contributed by atoms with Gasteiger partial charge >= 0.3 is 0 Å². The molecule has 4 heteroatoms. The van der Waals surface area contributed by atoms with Crippen LogP contribution >= 0.6 is 0 Å². The molecule has 1 unspecified atom stereocenters. The monoisotopic (exact) mass is 268 g/mol. The Labute approximate surface area is 117 Å². The van der Waals surface area contributed by atoms with E-state index in [1.807, 2.05) is 12.1 Å². The lowest BCUT2D eigenvalue weighted by molar-refractivity contribution is 0.0285. The molecule has 102 valence electrons. The summed E-state index contributed by atoms with van der Waals surface area (Å²) in [6, 6.07) is 11.8. The number of aromatic nitrogens is 1. The van der Waals surface area contributed by atoms with Gasteiger partial charge in [0.1, 0.15) is 0 Å². The normalized spacial score (nSPS) is 17.3. The van der Waals surface area contributed by atoms with Gasteiger partial charge in [-0.25, -0.2) is 0 Å². The Hall–Kier alpha value is -2.20.